The molecule has 0 unspecified atom stereocenters. The van der Waals surface area contributed by atoms with Gasteiger partial charge in [0.1, 0.15) is 17.5 Å². The summed E-state index contributed by atoms with van der Waals surface area (Å²) >= 11 is 1.54. The molecule has 0 spiro atoms. The number of nitriles is 1. The Bertz CT molecular complexity index is 1370. The Balaban J connectivity index is 0.000000505. The molecule has 1 aromatic heterocycles. The number of nitrogens with two attached hydrogens (primary N) is 1. The van der Waals surface area contributed by atoms with Crippen LogP contribution in [0.15, 0.2) is 48.7 Å². The van der Waals surface area contributed by atoms with Crippen LogP contribution in [0, 0.1) is 21.4 Å². The van der Waals surface area contributed by atoms with E-state index >= 15 is 0 Å². The number of carboxylic acid groups (broad SMARTS) is 1. The summed E-state index contributed by atoms with van der Waals surface area (Å²) in [4.78, 5) is 36.6. The smallest absolute Gasteiger partial charge is 0.475 e. The Morgan fingerprint density at radius 2 is 1.92 bits per heavy atom. The number of H-pyrrole nitrogens is 1. The first-order chi connectivity index (χ1) is 17.9. The average molecular weight is 552 g/mol. The van der Waals surface area contributed by atoms with Gasteiger partial charge in [-0.2, -0.15) is 18.4 Å². The Hall–Kier alpha value is -4.29. The lowest BCUT2D eigenvalue weighted by Crippen LogP contribution is -2.47. The predicted molar refractivity (Wildman–Crippen MR) is 130 cm³/mol. The van der Waals surface area contributed by atoms with E-state index in [1.54, 1.807) is 17.8 Å². The minimum absolute atomic E-state index is 0.00980. The number of aromatic amines is 1. The maximum atomic E-state index is 12.7. The summed E-state index contributed by atoms with van der Waals surface area (Å²) in [7, 11) is 0. The van der Waals surface area contributed by atoms with Gasteiger partial charge in [-0.25, -0.2) is 4.79 Å². The second-order valence-corrected chi connectivity index (χ2v) is 8.94. The number of hydrogen-bond acceptors (Lipinski definition) is 8. The Kier molecular flexibility index (Phi) is 8.81. The number of non-ortho nitro benzene ring substituents is 1. The summed E-state index contributed by atoms with van der Waals surface area (Å²) in [6.45, 7) is 0. The summed E-state index contributed by atoms with van der Waals surface area (Å²) < 4.78 is 37.6. The van der Waals surface area contributed by atoms with Crippen LogP contribution in [0.5, 0.6) is 11.5 Å². The van der Waals surface area contributed by atoms with Crippen LogP contribution in [-0.4, -0.2) is 61.7 Å². The summed E-state index contributed by atoms with van der Waals surface area (Å²) in [6, 6.07) is 12.3. The topological polar surface area (TPSA) is 176 Å². The molecule has 1 saturated heterocycles. The maximum absolute atomic E-state index is 12.7. The van der Waals surface area contributed by atoms with Crippen LogP contribution in [0.1, 0.15) is 5.56 Å². The van der Waals surface area contributed by atoms with E-state index in [0.29, 0.717) is 29.5 Å². The number of aliphatic carboxylic acids is 1. The van der Waals surface area contributed by atoms with Crippen LogP contribution in [0.4, 0.5) is 18.9 Å². The molecule has 1 aliphatic heterocycles. The number of hydrogen-bond donors (Lipinski definition) is 3. The van der Waals surface area contributed by atoms with Gasteiger partial charge in [-0.3, -0.25) is 14.9 Å². The fourth-order valence-electron chi connectivity index (χ4n) is 3.47. The van der Waals surface area contributed by atoms with Crippen LogP contribution in [-0.2, 0) is 16.0 Å². The molecule has 0 bridgehead atoms. The van der Waals surface area contributed by atoms with Crippen molar-refractivity contribution >= 4 is 40.2 Å². The maximum Gasteiger partial charge on any atom is 0.490 e. The molecule has 2 atom stereocenters. The number of fused-ring (bicyclic) bond motifs is 1. The highest BCUT2D eigenvalue weighted by atomic mass is 32.2. The van der Waals surface area contributed by atoms with E-state index < -0.39 is 29.2 Å². The van der Waals surface area contributed by atoms with Crippen LogP contribution >= 0.6 is 11.8 Å². The first-order valence-electron chi connectivity index (χ1n) is 10.8. The van der Waals surface area contributed by atoms with E-state index in [2.05, 4.69) is 11.1 Å². The fraction of sp³-hybridized carbons (Fsp3) is 0.261. The lowest BCUT2D eigenvalue weighted by Gasteiger charge is -2.22. The molecule has 1 aliphatic rings. The van der Waals surface area contributed by atoms with E-state index in [1.165, 1.54) is 29.2 Å². The van der Waals surface area contributed by atoms with Gasteiger partial charge in [0.2, 0.25) is 5.91 Å². The van der Waals surface area contributed by atoms with Crippen molar-refractivity contribution in [2.24, 2.45) is 5.73 Å². The van der Waals surface area contributed by atoms with Gasteiger partial charge in [0.25, 0.3) is 5.69 Å². The number of carboxylic acids is 1. The van der Waals surface area contributed by atoms with E-state index in [-0.39, 0.29) is 11.6 Å². The highest BCUT2D eigenvalue weighted by molar-refractivity contribution is 7.99. The number of benzene rings is 2. The Morgan fingerprint density at radius 1 is 1.29 bits per heavy atom. The molecular formula is C23H20F3N5O6S. The number of nitrogens with one attached hydrogen (secondary N) is 1. The number of nitro benzene ring substituents is 1. The first kappa shape index (κ1) is 28.3. The van der Waals surface area contributed by atoms with Crippen LogP contribution in [0.3, 0.4) is 0 Å². The number of amides is 1. The highest BCUT2D eigenvalue weighted by Crippen LogP contribution is 2.29. The number of carbonyl (C=O) groups excluding carboxylic acids is 1. The van der Waals surface area contributed by atoms with Crippen molar-refractivity contribution < 1.29 is 37.5 Å². The predicted octanol–water partition coefficient (Wildman–Crippen LogP) is 3.80. The summed E-state index contributed by atoms with van der Waals surface area (Å²) in [5.74, 6) is -0.876. The van der Waals surface area contributed by atoms with Crippen molar-refractivity contribution in [1.82, 2.24) is 9.88 Å². The van der Waals surface area contributed by atoms with Crippen LogP contribution in [0.2, 0.25) is 0 Å². The van der Waals surface area contributed by atoms with Crippen molar-refractivity contribution in [1.29, 1.82) is 5.26 Å². The third-order valence-electron chi connectivity index (χ3n) is 5.34. The normalized spacial score (nSPS) is 15.8. The number of ether oxygens (including phenoxy) is 1. The molecule has 4 N–H and O–H groups in total. The lowest BCUT2D eigenvalue weighted by atomic mass is 10.0. The number of aromatic nitrogens is 1. The van der Waals surface area contributed by atoms with Gasteiger partial charge >= 0.3 is 12.1 Å². The second kappa shape index (κ2) is 11.8. The van der Waals surface area contributed by atoms with Gasteiger partial charge in [-0.15, -0.1) is 11.8 Å². The molecule has 0 aliphatic carbocycles. The zero-order valence-corrected chi connectivity index (χ0v) is 20.2. The third-order valence-corrected chi connectivity index (χ3v) is 6.35. The molecule has 200 valence electrons. The van der Waals surface area contributed by atoms with Crippen LogP contribution in [0.25, 0.3) is 10.9 Å². The molecule has 0 radical (unpaired) electrons. The average Bonchev–Trinajstić information content (AvgIpc) is 3.50. The zero-order chi connectivity index (χ0) is 28.0. The first-order valence-corrected chi connectivity index (χ1v) is 11.9. The van der Waals surface area contributed by atoms with Gasteiger partial charge in [0, 0.05) is 35.0 Å². The number of halogens is 3. The molecular weight excluding hydrogens is 531 g/mol. The van der Waals surface area contributed by atoms with Gasteiger partial charge in [0.05, 0.1) is 22.9 Å². The molecule has 3 aromatic rings. The van der Waals surface area contributed by atoms with E-state index in [9.17, 15) is 33.3 Å². The number of alkyl halides is 3. The van der Waals surface area contributed by atoms with E-state index in [0.717, 1.165) is 16.5 Å². The zero-order valence-electron chi connectivity index (χ0n) is 19.3. The largest absolute Gasteiger partial charge is 0.490 e. The monoisotopic (exact) mass is 551 g/mol. The minimum Gasteiger partial charge on any atom is -0.475 e. The van der Waals surface area contributed by atoms with Gasteiger partial charge in [0.15, 0.2) is 0 Å². The third kappa shape index (κ3) is 6.93. The quantitative estimate of drug-likeness (QED) is 0.304. The minimum atomic E-state index is -5.08. The summed E-state index contributed by atoms with van der Waals surface area (Å²) in [6.07, 6.45) is -2.95. The second-order valence-electron chi connectivity index (χ2n) is 7.94. The summed E-state index contributed by atoms with van der Waals surface area (Å²) in [5, 5.41) is 28.0. The van der Waals surface area contributed by atoms with Crippen molar-refractivity contribution in [3.05, 3.63) is 64.3 Å². The van der Waals surface area contributed by atoms with E-state index in [1.807, 2.05) is 18.3 Å². The fourth-order valence-corrected chi connectivity index (χ4v) is 4.55. The number of carbonyl (C=O) groups is 2. The number of nitrogens with zero attached hydrogens (tertiary/aromatic N) is 3. The lowest BCUT2D eigenvalue weighted by molar-refractivity contribution is -0.384. The highest BCUT2D eigenvalue weighted by Gasteiger charge is 2.38. The van der Waals surface area contributed by atoms with Gasteiger partial charge in [-0.1, -0.05) is 0 Å². The Morgan fingerprint density at radius 3 is 2.50 bits per heavy atom. The van der Waals surface area contributed by atoms with Gasteiger partial charge in [-0.05, 0) is 42.3 Å². The molecule has 0 saturated carbocycles. The summed E-state index contributed by atoms with van der Waals surface area (Å²) in [5.41, 5.74) is 7.92. The molecule has 11 nitrogen and oxygen atoms in total. The number of nitro groups is 1. The standard InChI is InChI=1S/C21H19N5O4S.C2HF3O2/c22-9-15-11-31-12-25(15)21(27)19(23)7-13-10-24-20-6-5-17(8-18(13)20)30-16-3-1-14(2-4-16)26(28)29;3-2(4,5)1(6)7/h1-6,8,10,15,19,24H,7,11-12,23H2;(H,6,7)/t15-,19-;/m0./s1. The molecule has 2 aromatic carbocycles. The van der Waals surface area contributed by atoms with Crippen molar-refractivity contribution in [3.63, 3.8) is 0 Å². The molecule has 38 heavy (non-hydrogen) atoms. The number of rotatable bonds is 6. The van der Waals surface area contributed by atoms with Gasteiger partial charge < -0.3 is 25.5 Å². The van der Waals surface area contributed by atoms with Crippen LogP contribution < -0.4 is 10.5 Å². The molecule has 1 fully saturated rings. The Labute approximate surface area is 217 Å². The molecule has 4 rings (SSSR count). The van der Waals surface area contributed by atoms with Crippen molar-refractivity contribution in [2.75, 3.05) is 11.6 Å². The van der Waals surface area contributed by atoms with E-state index in [4.69, 9.17) is 20.4 Å². The molecule has 1 amide bonds. The molecule has 15 heteroatoms. The number of thioether (sulfide) groups is 1. The van der Waals surface area contributed by atoms with Crippen molar-refractivity contribution in [2.45, 2.75) is 24.7 Å². The SMILES string of the molecule is N#C[C@H]1CSCN1C(=O)[C@@H](N)Cc1c[nH]c2ccc(Oc3ccc([N+](=O)[O-])cc3)cc12.O=C(O)C(F)(F)F. The molecule has 2 heterocycles. The van der Waals surface area contributed by atoms with Crippen molar-refractivity contribution in [3.8, 4) is 17.6 Å².